The lowest BCUT2D eigenvalue weighted by Crippen LogP contribution is -2.45. The molecule has 3 heterocycles. The number of likely N-dealkylation sites (tertiary alicyclic amines) is 1. The number of carbonyl (C=O) groups is 2. The largest absolute Gasteiger partial charge is 0.395 e. The van der Waals surface area contributed by atoms with Crippen LogP contribution in [-0.2, 0) is 4.79 Å². The van der Waals surface area contributed by atoms with Gasteiger partial charge in [0.1, 0.15) is 5.82 Å². The molecule has 2 aromatic heterocycles. The number of anilines is 1. The summed E-state index contributed by atoms with van der Waals surface area (Å²) in [5, 5.41) is 4.73. The molecule has 2 N–H and O–H groups in total. The van der Waals surface area contributed by atoms with Gasteiger partial charge in [-0.1, -0.05) is 17.7 Å². The smallest absolute Gasteiger partial charge is 0.347 e. The molecule has 0 spiro atoms. The van der Waals surface area contributed by atoms with Gasteiger partial charge in [-0.3, -0.25) is 23.9 Å². The molecule has 0 saturated carbocycles. The molecule has 2 amide bonds. The Labute approximate surface area is 211 Å². The summed E-state index contributed by atoms with van der Waals surface area (Å²) in [6.45, 7) is -1.17. The number of alkyl halides is 3. The highest BCUT2D eigenvalue weighted by molar-refractivity contribution is 7.18. The summed E-state index contributed by atoms with van der Waals surface area (Å²) in [6, 6.07) is 9.82. The highest BCUT2D eigenvalue weighted by Crippen LogP contribution is 2.34. The number of hydrogen-bond donors (Lipinski definition) is 2. The first-order valence-corrected chi connectivity index (χ1v) is 11.8. The van der Waals surface area contributed by atoms with Crippen LogP contribution in [0.3, 0.4) is 0 Å². The number of thiophene rings is 1. The van der Waals surface area contributed by atoms with E-state index < -0.39 is 48.9 Å². The Hall–Kier alpha value is -3.22. The Bertz CT molecular complexity index is 1340. The van der Waals surface area contributed by atoms with Crippen LogP contribution >= 0.6 is 22.9 Å². The fraction of sp³-hybridized carbons (Fsp3) is 0.261. The van der Waals surface area contributed by atoms with E-state index in [9.17, 15) is 31.9 Å². The van der Waals surface area contributed by atoms with E-state index in [1.54, 1.807) is 12.1 Å². The Morgan fingerprint density at radius 1 is 1.11 bits per heavy atom. The molecule has 1 saturated heterocycles. The first-order valence-electron chi connectivity index (χ1n) is 10.6. The maximum atomic E-state index is 14.6. The van der Waals surface area contributed by atoms with E-state index >= 15 is 0 Å². The second kappa shape index (κ2) is 10.4. The lowest BCUT2D eigenvalue weighted by atomic mass is 10.0. The Morgan fingerprint density at radius 3 is 2.53 bits per heavy atom. The van der Waals surface area contributed by atoms with Gasteiger partial charge in [0.15, 0.2) is 0 Å². The van der Waals surface area contributed by atoms with Crippen LogP contribution in [0.4, 0.5) is 23.2 Å². The highest BCUT2D eigenvalue weighted by atomic mass is 35.5. The van der Waals surface area contributed by atoms with Crippen molar-refractivity contribution in [3.63, 3.8) is 0 Å². The molecule has 1 aromatic carbocycles. The van der Waals surface area contributed by atoms with Crippen LogP contribution in [-0.4, -0.2) is 53.1 Å². The van der Waals surface area contributed by atoms with Crippen molar-refractivity contribution in [2.45, 2.75) is 12.2 Å². The first kappa shape index (κ1) is 25.9. The third kappa shape index (κ3) is 5.94. The van der Waals surface area contributed by atoms with Crippen molar-refractivity contribution in [1.82, 2.24) is 14.8 Å². The topological polar surface area (TPSA) is 83.4 Å². The summed E-state index contributed by atoms with van der Waals surface area (Å²) in [5.41, 5.74) is -0.307. The van der Waals surface area contributed by atoms with Crippen molar-refractivity contribution in [2.75, 3.05) is 25.0 Å². The standard InChI is InChI=1S/C23H19ClF4N4O3S/c24-19-7-6-18(36-19)22(35)30-17-11-31(10-14(17)23(26,27)28)12-20(33)29-16-5-4-13(9-15(16)25)32-8-2-1-3-21(32)34/h1-9,14,17H,10-12H2,(H,29,33)(H,30,35)/t14-,17-/m1/s1. The van der Waals surface area contributed by atoms with E-state index in [1.807, 2.05) is 0 Å². The molecule has 7 nitrogen and oxygen atoms in total. The molecule has 1 fully saturated rings. The number of aromatic nitrogens is 1. The van der Waals surface area contributed by atoms with Gasteiger partial charge in [0.05, 0.1) is 39.1 Å². The van der Waals surface area contributed by atoms with Gasteiger partial charge < -0.3 is 10.6 Å². The van der Waals surface area contributed by atoms with Crippen molar-refractivity contribution >= 4 is 40.4 Å². The minimum atomic E-state index is -4.60. The summed E-state index contributed by atoms with van der Waals surface area (Å²) >= 11 is 6.73. The van der Waals surface area contributed by atoms with Gasteiger partial charge in [0.25, 0.3) is 11.5 Å². The summed E-state index contributed by atoms with van der Waals surface area (Å²) < 4.78 is 57.0. The first-order chi connectivity index (χ1) is 17.0. The van der Waals surface area contributed by atoms with Crippen molar-refractivity contribution in [3.8, 4) is 5.69 Å². The Balaban J connectivity index is 1.41. The molecule has 190 valence electrons. The van der Waals surface area contributed by atoms with Crippen LogP contribution in [0.1, 0.15) is 9.67 Å². The molecule has 3 aromatic rings. The normalized spacial score (nSPS) is 18.2. The van der Waals surface area contributed by atoms with Crippen molar-refractivity contribution < 1.29 is 27.2 Å². The number of nitrogens with one attached hydrogen (secondary N) is 2. The number of pyridine rings is 1. The number of halogens is 5. The SMILES string of the molecule is O=C(CN1C[C@@H](C(F)(F)F)[C@H](NC(=O)c2ccc(Cl)s2)C1)Nc1ccc(-n2ccccc2=O)cc1F. The molecule has 2 atom stereocenters. The summed E-state index contributed by atoms with van der Waals surface area (Å²) in [4.78, 5) is 38.2. The van der Waals surface area contributed by atoms with Gasteiger partial charge >= 0.3 is 6.18 Å². The van der Waals surface area contributed by atoms with Crippen molar-refractivity contribution in [3.05, 3.63) is 80.1 Å². The van der Waals surface area contributed by atoms with Crippen LogP contribution < -0.4 is 16.2 Å². The minimum Gasteiger partial charge on any atom is -0.347 e. The van der Waals surface area contributed by atoms with Crippen molar-refractivity contribution in [1.29, 1.82) is 0 Å². The van der Waals surface area contributed by atoms with E-state index in [0.29, 0.717) is 4.34 Å². The molecule has 0 bridgehead atoms. The highest BCUT2D eigenvalue weighted by Gasteiger charge is 2.50. The van der Waals surface area contributed by atoms with Gasteiger partial charge in [-0.25, -0.2) is 4.39 Å². The van der Waals surface area contributed by atoms with Gasteiger partial charge in [-0.15, -0.1) is 11.3 Å². The van der Waals surface area contributed by atoms with E-state index in [-0.39, 0.29) is 28.4 Å². The molecule has 0 radical (unpaired) electrons. The molecule has 4 rings (SSSR count). The second-order valence-corrected chi connectivity index (χ2v) is 9.86. The van der Waals surface area contributed by atoms with Crippen molar-refractivity contribution in [2.24, 2.45) is 5.92 Å². The quantitative estimate of drug-likeness (QED) is 0.463. The number of rotatable bonds is 6. The Kier molecular flexibility index (Phi) is 7.48. The summed E-state index contributed by atoms with van der Waals surface area (Å²) in [6.07, 6.45) is -3.14. The number of hydrogen-bond acceptors (Lipinski definition) is 5. The number of benzene rings is 1. The van der Waals surface area contributed by atoms with Crippen LogP contribution in [0.15, 0.2) is 59.5 Å². The van der Waals surface area contributed by atoms with Gasteiger partial charge in [0, 0.05) is 31.4 Å². The third-order valence-electron chi connectivity index (χ3n) is 5.62. The van der Waals surface area contributed by atoms with Crippen LogP contribution in [0.2, 0.25) is 4.34 Å². The van der Waals surface area contributed by atoms with E-state index in [1.165, 1.54) is 46.0 Å². The molecule has 1 aliphatic rings. The third-order valence-corrected chi connectivity index (χ3v) is 6.85. The van der Waals surface area contributed by atoms with E-state index in [4.69, 9.17) is 11.6 Å². The van der Waals surface area contributed by atoms with Gasteiger partial charge in [-0.2, -0.15) is 13.2 Å². The van der Waals surface area contributed by atoms with Crippen LogP contribution in [0, 0.1) is 11.7 Å². The average molecular weight is 543 g/mol. The number of amides is 2. The predicted molar refractivity (Wildman–Crippen MR) is 127 cm³/mol. The van der Waals surface area contributed by atoms with Gasteiger partial charge in [-0.05, 0) is 30.3 Å². The second-order valence-electron chi connectivity index (χ2n) is 8.15. The lowest BCUT2D eigenvalue weighted by Gasteiger charge is -2.21. The zero-order chi connectivity index (χ0) is 26.0. The van der Waals surface area contributed by atoms with E-state index in [0.717, 1.165) is 17.4 Å². The average Bonchev–Trinajstić information content (AvgIpc) is 3.41. The monoisotopic (exact) mass is 542 g/mol. The lowest BCUT2D eigenvalue weighted by molar-refractivity contribution is -0.174. The maximum absolute atomic E-state index is 14.6. The number of carbonyl (C=O) groups excluding carboxylic acids is 2. The molecular formula is C23H19ClF4N4O3S. The fourth-order valence-electron chi connectivity index (χ4n) is 3.96. The van der Waals surface area contributed by atoms with Crippen LogP contribution in [0.25, 0.3) is 5.69 Å². The predicted octanol–water partition coefficient (Wildman–Crippen LogP) is 3.92. The maximum Gasteiger partial charge on any atom is 0.395 e. The van der Waals surface area contributed by atoms with E-state index in [2.05, 4.69) is 10.6 Å². The molecule has 1 aliphatic heterocycles. The summed E-state index contributed by atoms with van der Waals surface area (Å²) in [7, 11) is 0. The Morgan fingerprint density at radius 2 is 1.89 bits per heavy atom. The van der Waals surface area contributed by atoms with Crippen LogP contribution in [0.5, 0.6) is 0 Å². The zero-order valence-corrected chi connectivity index (χ0v) is 20.0. The molecule has 36 heavy (non-hydrogen) atoms. The summed E-state index contributed by atoms with van der Waals surface area (Å²) in [5.74, 6) is -4.11. The molecule has 0 unspecified atom stereocenters. The molecule has 13 heteroatoms. The zero-order valence-electron chi connectivity index (χ0n) is 18.4. The fourth-order valence-corrected chi connectivity index (χ4v) is 4.90. The number of nitrogens with zero attached hydrogens (tertiary/aromatic N) is 2. The molecular weight excluding hydrogens is 524 g/mol. The molecule has 0 aliphatic carbocycles. The minimum absolute atomic E-state index is 0.175. The van der Waals surface area contributed by atoms with Gasteiger partial charge in [0.2, 0.25) is 5.91 Å².